The van der Waals surface area contributed by atoms with Crippen molar-refractivity contribution in [3.05, 3.63) is 30.3 Å². The number of anilines is 2. The Morgan fingerprint density at radius 3 is 2.87 bits per heavy atom. The summed E-state index contributed by atoms with van der Waals surface area (Å²) in [4.78, 5) is 16.7. The molecule has 1 saturated carbocycles. The lowest BCUT2D eigenvalue weighted by molar-refractivity contribution is -0.114. The number of fused-ring (bicyclic) bond motifs is 2. The van der Waals surface area contributed by atoms with Gasteiger partial charge in [-0.25, -0.2) is 4.98 Å². The number of aromatic nitrogens is 5. The summed E-state index contributed by atoms with van der Waals surface area (Å²) < 4.78 is 2.79. The van der Waals surface area contributed by atoms with Gasteiger partial charge in [0.15, 0.2) is 10.8 Å². The number of carbonyl (C=O) groups is 1. The molecule has 1 aromatic carbocycles. The molecule has 0 atom stereocenters. The summed E-state index contributed by atoms with van der Waals surface area (Å²) in [5.74, 6) is 0.733. The van der Waals surface area contributed by atoms with Crippen molar-refractivity contribution in [1.82, 2.24) is 24.8 Å². The van der Waals surface area contributed by atoms with E-state index < -0.39 is 0 Å². The van der Waals surface area contributed by atoms with Gasteiger partial charge in [-0.3, -0.25) is 4.79 Å². The summed E-state index contributed by atoms with van der Waals surface area (Å²) in [6.45, 7) is 1.48. The van der Waals surface area contributed by atoms with Crippen molar-refractivity contribution < 1.29 is 4.79 Å². The summed E-state index contributed by atoms with van der Waals surface area (Å²) in [5, 5.41) is 20.9. The Labute approximate surface area is 181 Å². The third-order valence-electron chi connectivity index (χ3n) is 5.04. The van der Waals surface area contributed by atoms with Gasteiger partial charge < -0.3 is 10.6 Å². The van der Waals surface area contributed by atoms with Crippen LogP contribution in [-0.2, 0) is 4.79 Å². The Bertz CT molecular complexity index is 1210. The van der Waals surface area contributed by atoms with Crippen molar-refractivity contribution in [2.45, 2.75) is 55.1 Å². The number of nitrogens with one attached hydrogen (secondary N) is 2. The fraction of sp³-hybridized carbons (Fsp3) is 0.350. The summed E-state index contributed by atoms with van der Waals surface area (Å²) in [6.07, 6.45) is 6.26. The zero-order valence-corrected chi connectivity index (χ0v) is 18.1. The lowest BCUT2D eigenvalue weighted by atomic mass is 9.95. The van der Waals surface area contributed by atoms with Crippen LogP contribution in [0.4, 0.5) is 10.9 Å². The SMILES string of the molecule is CC(=O)Nc1nc2ccc(Sc3nnc4ccc(NC5CCCCC5)nn34)cc2s1. The average Bonchev–Trinajstić information content (AvgIpc) is 3.31. The first-order valence-corrected chi connectivity index (χ1v) is 11.6. The molecule has 1 fully saturated rings. The molecule has 0 aliphatic heterocycles. The normalized spacial score (nSPS) is 15.0. The van der Waals surface area contributed by atoms with E-state index in [9.17, 15) is 4.79 Å². The molecular weight excluding hydrogens is 418 g/mol. The smallest absolute Gasteiger partial charge is 0.223 e. The molecule has 8 nitrogen and oxygen atoms in total. The second-order valence-electron chi connectivity index (χ2n) is 7.38. The standard InChI is InChI=1S/C20H21N7OS2/c1-12(28)21-19-23-15-8-7-14(11-16(15)30-19)29-20-25-24-18-10-9-17(26-27(18)20)22-13-5-3-2-4-6-13/h7-11,13H,2-6H2,1H3,(H,22,26)(H,21,23,28). The van der Waals surface area contributed by atoms with Gasteiger partial charge in [0.2, 0.25) is 11.1 Å². The third kappa shape index (κ3) is 4.10. The van der Waals surface area contributed by atoms with E-state index in [2.05, 4.69) is 25.8 Å². The molecule has 154 valence electrons. The van der Waals surface area contributed by atoms with E-state index in [1.54, 1.807) is 4.52 Å². The number of carbonyl (C=O) groups excluding carboxylic acids is 1. The Hall–Kier alpha value is -2.72. The van der Waals surface area contributed by atoms with E-state index in [1.165, 1.54) is 62.1 Å². The molecule has 30 heavy (non-hydrogen) atoms. The van der Waals surface area contributed by atoms with Crippen molar-refractivity contribution in [3.8, 4) is 0 Å². The molecule has 4 aromatic rings. The highest BCUT2D eigenvalue weighted by molar-refractivity contribution is 7.99. The molecule has 0 spiro atoms. The zero-order chi connectivity index (χ0) is 20.5. The van der Waals surface area contributed by atoms with Crippen LogP contribution in [-0.4, -0.2) is 36.7 Å². The molecule has 10 heteroatoms. The van der Waals surface area contributed by atoms with Gasteiger partial charge in [0.25, 0.3) is 0 Å². The quantitative estimate of drug-likeness (QED) is 0.469. The molecule has 0 saturated heterocycles. The highest BCUT2D eigenvalue weighted by atomic mass is 32.2. The second-order valence-corrected chi connectivity index (χ2v) is 9.45. The maximum atomic E-state index is 11.3. The zero-order valence-electron chi connectivity index (χ0n) is 16.5. The summed E-state index contributed by atoms with van der Waals surface area (Å²) in [6, 6.07) is 10.4. The number of nitrogens with zero attached hydrogens (tertiary/aromatic N) is 5. The fourth-order valence-electron chi connectivity index (χ4n) is 3.64. The summed E-state index contributed by atoms with van der Waals surface area (Å²) >= 11 is 2.96. The van der Waals surface area contributed by atoms with E-state index in [-0.39, 0.29) is 5.91 Å². The van der Waals surface area contributed by atoms with Crippen molar-refractivity contribution in [1.29, 1.82) is 0 Å². The molecule has 0 unspecified atom stereocenters. The van der Waals surface area contributed by atoms with Crippen LogP contribution >= 0.6 is 23.1 Å². The number of thiazole rings is 1. The first-order valence-electron chi connectivity index (χ1n) is 9.99. The van der Waals surface area contributed by atoms with Crippen molar-refractivity contribution in [2.75, 3.05) is 10.6 Å². The fourth-order valence-corrected chi connectivity index (χ4v) is 5.50. The first kappa shape index (κ1) is 19.3. The average molecular weight is 440 g/mol. The molecule has 2 N–H and O–H groups in total. The van der Waals surface area contributed by atoms with Crippen LogP contribution in [0.1, 0.15) is 39.0 Å². The predicted octanol–water partition coefficient (Wildman–Crippen LogP) is 4.59. The van der Waals surface area contributed by atoms with E-state index in [4.69, 9.17) is 5.10 Å². The molecule has 1 amide bonds. The van der Waals surface area contributed by atoms with Crippen molar-refractivity contribution >= 4 is 55.8 Å². The van der Waals surface area contributed by atoms with Gasteiger partial charge in [-0.2, -0.15) is 4.52 Å². The monoisotopic (exact) mass is 439 g/mol. The minimum absolute atomic E-state index is 0.123. The number of hydrogen-bond donors (Lipinski definition) is 2. The number of amides is 1. The Morgan fingerprint density at radius 1 is 1.17 bits per heavy atom. The Balaban J connectivity index is 1.38. The van der Waals surface area contributed by atoms with E-state index in [0.717, 1.165) is 26.6 Å². The van der Waals surface area contributed by atoms with E-state index in [1.807, 2.05) is 30.3 Å². The molecule has 3 heterocycles. The van der Waals surface area contributed by atoms with Gasteiger partial charge >= 0.3 is 0 Å². The van der Waals surface area contributed by atoms with E-state index >= 15 is 0 Å². The minimum atomic E-state index is -0.123. The molecular formula is C20H21N7OS2. The maximum absolute atomic E-state index is 11.3. The van der Waals surface area contributed by atoms with Crippen LogP contribution in [0.3, 0.4) is 0 Å². The number of hydrogen-bond acceptors (Lipinski definition) is 8. The van der Waals surface area contributed by atoms with Gasteiger partial charge in [0.1, 0.15) is 5.82 Å². The lowest BCUT2D eigenvalue weighted by Crippen LogP contribution is -2.23. The lowest BCUT2D eigenvalue weighted by Gasteiger charge is -2.23. The molecule has 0 bridgehead atoms. The van der Waals surface area contributed by atoms with Gasteiger partial charge in [0, 0.05) is 17.9 Å². The van der Waals surface area contributed by atoms with Crippen LogP contribution in [0.15, 0.2) is 40.4 Å². The van der Waals surface area contributed by atoms with Gasteiger partial charge in [-0.05, 0) is 54.9 Å². The highest BCUT2D eigenvalue weighted by Crippen LogP contribution is 2.33. The highest BCUT2D eigenvalue weighted by Gasteiger charge is 2.15. The summed E-state index contributed by atoms with van der Waals surface area (Å²) in [7, 11) is 0. The number of benzene rings is 1. The largest absolute Gasteiger partial charge is 0.366 e. The van der Waals surface area contributed by atoms with Crippen LogP contribution in [0.5, 0.6) is 0 Å². The molecule has 1 aliphatic carbocycles. The van der Waals surface area contributed by atoms with Crippen LogP contribution in [0.2, 0.25) is 0 Å². The van der Waals surface area contributed by atoms with Gasteiger partial charge in [-0.15, -0.1) is 15.3 Å². The Morgan fingerprint density at radius 2 is 2.03 bits per heavy atom. The first-order chi connectivity index (χ1) is 14.6. The van der Waals surface area contributed by atoms with Gasteiger partial charge in [-0.1, -0.05) is 30.6 Å². The topological polar surface area (TPSA) is 97.1 Å². The molecule has 1 aliphatic rings. The van der Waals surface area contributed by atoms with Crippen LogP contribution < -0.4 is 10.6 Å². The minimum Gasteiger partial charge on any atom is -0.366 e. The van der Waals surface area contributed by atoms with Crippen molar-refractivity contribution in [3.63, 3.8) is 0 Å². The van der Waals surface area contributed by atoms with Crippen molar-refractivity contribution in [2.24, 2.45) is 0 Å². The summed E-state index contributed by atoms with van der Waals surface area (Å²) in [5.41, 5.74) is 1.58. The molecule has 3 aromatic heterocycles. The van der Waals surface area contributed by atoms with E-state index in [0.29, 0.717) is 16.3 Å². The Kier molecular flexibility index (Phi) is 5.26. The maximum Gasteiger partial charge on any atom is 0.223 e. The third-order valence-corrected chi connectivity index (χ3v) is 6.90. The predicted molar refractivity (Wildman–Crippen MR) is 119 cm³/mol. The van der Waals surface area contributed by atoms with Gasteiger partial charge in [0.05, 0.1) is 10.2 Å². The van der Waals surface area contributed by atoms with Crippen LogP contribution in [0.25, 0.3) is 15.9 Å². The molecule has 5 rings (SSSR count). The molecule has 0 radical (unpaired) electrons. The number of rotatable bonds is 5. The second kappa shape index (κ2) is 8.19. The van der Waals surface area contributed by atoms with Crippen LogP contribution in [0, 0.1) is 0 Å².